The molecule has 0 fully saturated rings. The van der Waals surface area contributed by atoms with Gasteiger partial charge in [0.05, 0.1) is 5.75 Å². The average Bonchev–Trinajstić information content (AvgIpc) is 2.97. The lowest BCUT2D eigenvalue weighted by Gasteiger charge is -1.97. The fourth-order valence-electron chi connectivity index (χ4n) is 1.60. The van der Waals surface area contributed by atoms with E-state index in [9.17, 15) is 5.11 Å². The molecule has 0 saturated heterocycles. The van der Waals surface area contributed by atoms with Gasteiger partial charge in [0, 0.05) is 11.1 Å². The Balaban J connectivity index is 1.67. The zero-order chi connectivity index (χ0) is 13.8. The first-order valence-electron chi connectivity index (χ1n) is 5.97. The fraction of sp³-hybridized carbons (Fsp3) is 0.0714. The lowest BCUT2D eigenvalue weighted by Crippen LogP contribution is -1.85. The first-order valence-corrected chi connectivity index (χ1v) is 6.95. The first-order chi connectivity index (χ1) is 9.81. The second-order valence-electron chi connectivity index (χ2n) is 4.01. The molecule has 1 aromatic carbocycles. The molecular formula is C14H11N3O2S. The molecule has 0 bridgehead atoms. The van der Waals surface area contributed by atoms with Crippen LogP contribution in [0.2, 0.25) is 0 Å². The lowest BCUT2D eigenvalue weighted by molar-refractivity contribution is 0.391. The van der Waals surface area contributed by atoms with E-state index >= 15 is 0 Å². The van der Waals surface area contributed by atoms with Gasteiger partial charge < -0.3 is 9.63 Å². The summed E-state index contributed by atoms with van der Waals surface area (Å²) in [5.41, 5.74) is 0.692. The van der Waals surface area contributed by atoms with E-state index in [4.69, 9.17) is 4.52 Å². The number of pyridine rings is 1. The molecule has 1 N–H and O–H groups in total. The number of thioether (sulfide) groups is 1. The Morgan fingerprint density at radius 3 is 2.70 bits per heavy atom. The summed E-state index contributed by atoms with van der Waals surface area (Å²) in [5, 5.41) is 13.1. The molecule has 5 nitrogen and oxygen atoms in total. The highest BCUT2D eigenvalue weighted by atomic mass is 32.2. The quantitative estimate of drug-likeness (QED) is 0.742. The summed E-state index contributed by atoms with van der Waals surface area (Å²) in [6, 6.07) is 12.5. The minimum Gasteiger partial charge on any atom is -0.508 e. The molecule has 2 aromatic heterocycles. The van der Waals surface area contributed by atoms with Crippen molar-refractivity contribution in [2.45, 2.75) is 10.6 Å². The highest BCUT2D eigenvalue weighted by molar-refractivity contribution is 7.98. The largest absolute Gasteiger partial charge is 0.508 e. The van der Waals surface area contributed by atoms with Crippen LogP contribution >= 0.6 is 11.8 Å². The number of hydrogen-bond donors (Lipinski definition) is 1. The van der Waals surface area contributed by atoms with E-state index in [-0.39, 0.29) is 5.75 Å². The zero-order valence-corrected chi connectivity index (χ0v) is 11.2. The van der Waals surface area contributed by atoms with E-state index in [0.717, 1.165) is 4.90 Å². The third-order valence-electron chi connectivity index (χ3n) is 2.56. The molecule has 100 valence electrons. The SMILES string of the molecule is Oc1ccc(SCc2nc(-c3ccccn3)no2)cc1. The maximum Gasteiger partial charge on any atom is 0.237 e. The monoisotopic (exact) mass is 285 g/mol. The minimum atomic E-state index is 0.254. The van der Waals surface area contributed by atoms with Gasteiger partial charge in [-0.05, 0) is 36.4 Å². The number of aromatic nitrogens is 3. The van der Waals surface area contributed by atoms with Gasteiger partial charge in [-0.15, -0.1) is 11.8 Å². The molecule has 0 aliphatic rings. The maximum atomic E-state index is 9.21. The number of rotatable bonds is 4. The Bertz CT molecular complexity index is 683. The third kappa shape index (κ3) is 2.97. The van der Waals surface area contributed by atoms with Crippen LogP contribution in [0.1, 0.15) is 5.89 Å². The first kappa shape index (κ1) is 12.7. The Hall–Kier alpha value is -2.34. The van der Waals surface area contributed by atoms with Gasteiger partial charge in [0.2, 0.25) is 11.7 Å². The van der Waals surface area contributed by atoms with Gasteiger partial charge in [0.25, 0.3) is 0 Å². The van der Waals surface area contributed by atoms with Crippen molar-refractivity contribution in [3.05, 3.63) is 54.6 Å². The van der Waals surface area contributed by atoms with Gasteiger partial charge in [-0.3, -0.25) is 4.98 Å². The highest BCUT2D eigenvalue weighted by Gasteiger charge is 2.09. The van der Waals surface area contributed by atoms with E-state index in [0.29, 0.717) is 23.2 Å². The van der Waals surface area contributed by atoms with Gasteiger partial charge in [-0.1, -0.05) is 11.2 Å². The molecule has 0 unspecified atom stereocenters. The second-order valence-corrected chi connectivity index (χ2v) is 5.06. The molecule has 0 aliphatic heterocycles. The maximum absolute atomic E-state index is 9.21. The van der Waals surface area contributed by atoms with Crippen molar-refractivity contribution in [2.75, 3.05) is 0 Å². The van der Waals surface area contributed by atoms with Crippen molar-refractivity contribution in [3.63, 3.8) is 0 Å². The van der Waals surface area contributed by atoms with Crippen molar-refractivity contribution in [1.29, 1.82) is 0 Å². The standard InChI is InChI=1S/C14H11N3O2S/c18-10-4-6-11(7-5-10)20-9-13-16-14(17-19-13)12-3-1-2-8-15-12/h1-8,18H,9H2. The number of phenolic OH excluding ortho intramolecular Hbond substituents is 1. The van der Waals surface area contributed by atoms with E-state index < -0.39 is 0 Å². The van der Waals surface area contributed by atoms with Crippen LogP contribution in [0, 0.1) is 0 Å². The van der Waals surface area contributed by atoms with Crippen molar-refractivity contribution in [3.8, 4) is 17.3 Å². The molecule has 3 aromatic rings. The molecule has 2 heterocycles. The average molecular weight is 285 g/mol. The van der Waals surface area contributed by atoms with Crippen LogP contribution < -0.4 is 0 Å². The summed E-state index contributed by atoms with van der Waals surface area (Å²) < 4.78 is 5.19. The van der Waals surface area contributed by atoms with Crippen LogP contribution in [0.5, 0.6) is 5.75 Å². The van der Waals surface area contributed by atoms with E-state index in [1.807, 2.05) is 30.3 Å². The number of hydrogen-bond acceptors (Lipinski definition) is 6. The molecule has 0 radical (unpaired) electrons. The van der Waals surface area contributed by atoms with Gasteiger partial charge >= 0.3 is 0 Å². The summed E-state index contributed by atoms with van der Waals surface area (Å²) in [7, 11) is 0. The molecule has 0 spiro atoms. The smallest absolute Gasteiger partial charge is 0.237 e. The topological polar surface area (TPSA) is 72.0 Å². The Morgan fingerprint density at radius 2 is 1.95 bits per heavy atom. The van der Waals surface area contributed by atoms with E-state index in [1.54, 1.807) is 30.1 Å². The number of phenols is 1. The van der Waals surface area contributed by atoms with Crippen LogP contribution in [0.15, 0.2) is 58.1 Å². The molecule has 0 saturated carbocycles. The predicted molar refractivity (Wildman–Crippen MR) is 75.2 cm³/mol. The van der Waals surface area contributed by atoms with Crippen molar-refractivity contribution in [1.82, 2.24) is 15.1 Å². The van der Waals surface area contributed by atoms with Gasteiger partial charge in [-0.25, -0.2) is 0 Å². The van der Waals surface area contributed by atoms with Crippen molar-refractivity contribution < 1.29 is 9.63 Å². The number of benzene rings is 1. The zero-order valence-electron chi connectivity index (χ0n) is 10.4. The van der Waals surface area contributed by atoms with Gasteiger partial charge in [-0.2, -0.15) is 4.98 Å². The summed E-state index contributed by atoms with van der Waals surface area (Å²) in [4.78, 5) is 9.50. The van der Waals surface area contributed by atoms with E-state index in [1.165, 1.54) is 0 Å². The molecule has 3 rings (SSSR count). The van der Waals surface area contributed by atoms with Crippen molar-refractivity contribution in [2.24, 2.45) is 0 Å². The molecule has 0 amide bonds. The van der Waals surface area contributed by atoms with Crippen LogP contribution in [0.4, 0.5) is 0 Å². The number of aromatic hydroxyl groups is 1. The van der Waals surface area contributed by atoms with Crippen LogP contribution in [0.25, 0.3) is 11.5 Å². The molecular weight excluding hydrogens is 274 g/mol. The summed E-state index contributed by atoms with van der Waals surface area (Å²) in [6.07, 6.45) is 1.69. The second kappa shape index (κ2) is 5.75. The fourth-order valence-corrected chi connectivity index (χ4v) is 2.34. The minimum absolute atomic E-state index is 0.254. The van der Waals surface area contributed by atoms with Crippen LogP contribution in [-0.2, 0) is 5.75 Å². The Morgan fingerprint density at radius 1 is 1.10 bits per heavy atom. The van der Waals surface area contributed by atoms with Crippen LogP contribution in [-0.4, -0.2) is 20.2 Å². The molecule has 0 aliphatic carbocycles. The summed E-state index contributed by atoms with van der Waals surface area (Å²) in [5.74, 6) is 1.87. The predicted octanol–water partition coefficient (Wildman–Crippen LogP) is 3.13. The molecule has 6 heteroatoms. The summed E-state index contributed by atoms with van der Waals surface area (Å²) >= 11 is 1.56. The van der Waals surface area contributed by atoms with E-state index in [2.05, 4.69) is 15.1 Å². The Kier molecular flexibility index (Phi) is 3.64. The normalized spacial score (nSPS) is 10.6. The molecule has 0 atom stereocenters. The lowest BCUT2D eigenvalue weighted by atomic mass is 10.3. The van der Waals surface area contributed by atoms with Gasteiger partial charge in [0.1, 0.15) is 11.4 Å². The van der Waals surface area contributed by atoms with Crippen molar-refractivity contribution >= 4 is 11.8 Å². The highest BCUT2D eigenvalue weighted by Crippen LogP contribution is 2.24. The van der Waals surface area contributed by atoms with Crippen LogP contribution in [0.3, 0.4) is 0 Å². The molecule has 20 heavy (non-hydrogen) atoms. The van der Waals surface area contributed by atoms with Gasteiger partial charge in [0.15, 0.2) is 0 Å². The summed E-state index contributed by atoms with van der Waals surface area (Å²) in [6.45, 7) is 0. The Labute approximate surface area is 119 Å². The third-order valence-corrected chi connectivity index (χ3v) is 3.56. The number of nitrogens with zero attached hydrogens (tertiary/aromatic N) is 3.